The number of carbonyl (C=O) groups excluding carboxylic acids is 1. The molecule has 0 aliphatic heterocycles. The molecule has 0 aliphatic rings. The van der Waals surface area contributed by atoms with Gasteiger partial charge in [-0.25, -0.2) is 15.0 Å². The van der Waals surface area contributed by atoms with Crippen LogP contribution < -0.4 is 10.9 Å². The Bertz CT molecular complexity index is 1080. The molecule has 0 saturated heterocycles. The first-order chi connectivity index (χ1) is 14.9. The van der Waals surface area contributed by atoms with Crippen LogP contribution in [-0.4, -0.2) is 30.6 Å². The Morgan fingerprint density at radius 1 is 0.969 bits per heavy atom. The molecule has 0 aliphatic carbocycles. The van der Waals surface area contributed by atoms with Crippen LogP contribution in [0.3, 0.4) is 0 Å². The van der Waals surface area contributed by atoms with E-state index in [1.165, 1.54) is 12.4 Å². The number of hydrogen-bond acceptors (Lipinski definition) is 6. The summed E-state index contributed by atoms with van der Waals surface area (Å²) in [4.78, 5) is 23.1. The maximum Gasteiger partial charge on any atom is 0.416 e. The van der Waals surface area contributed by atoms with Crippen LogP contribution in [0.4, 0.5) is 32.2 Å². The summed E-state index contributed by atoms with van der Waals surface area (Å²) in [5.41, 5.74) is 1.42. The van der Waals surface area contributed by atoms with E-state index < -0.39 is 35.0 Å². The fourth-order valence-corrected chi connectivity index (χ4v) is 2.58. The van der Waals surface area contributed by atoms with Crippen LogP contribution in [-0.2, 0) is 23.7 Å². The number of hydrazine groups is 1. The minimum Gasteiger partial charge on any atom is -0.282 e. The monoisotopic (exact) mass is 479 g/mol. The number of anilines is 1. The molecular weight excluding hydrogens is 468 g/mol. The molecule has 170 valence electrons. The molecule has 2 heterocycles. The SMILES string of the molecule is O=C(CCn1cnc(-c2cc(C(F)(F)F)cc(C(F)(F)F)c2)n1)NNc1cc(Cl)ncn1. The first kappa shape index (κ1) is 23.2. The van der Waals surface area contributed by atoms with Gasteiger partial charge in [0.15, 0.2) is 5.82 Å². The van der Waals surface area contributed by atoms with Crippen molar-refractivity contribution >= 4 is 23.3 Å². The molecule has 0 bridgehead atoms. The van der Waals surface area contributed by atoms with E-state index in [1.54, 1.807) is 0 Å². The van der Waals surface area contributed by atoms with Gasteiger partial charge in [0, 0.05) is 18.1 Å². The topological polar surface area (TPSA) is 97.6 Å². The van der Waals surface area contributed by atoms with Crippen molar-refractivity contribution in [1.82, 2.24) is 30.2 Å². The number of aryl methyl sites for hydroxylation is 1. The molecular formula is C17H12ClF6N7O. The highest BCUT2D eigenvalue weighted by molar-refractivity contribution is 6.29. The fourth-order valence-electron chi connectivity index (χ4n) is 2.43. The van der Waals surface area contributed by atoms with Gasteiger partial charge in [-0.1, -0.05) is 11.6 Å². The van der Waals surface area contributed by atoms with Crippen LogP contribution >= 0.6 is 11.6 Å². The number of nitrogens with one attached hydrogen (secondary N) is 2. The summed E-state index contributed by atoms with van der Waals surface area (Å²) in [5.74, 6) is -0.627. The lowest BCUT2D eigenvalue weighted by Crippen LogP contribution is -2.30. The van der Waals surface area contributed by atoms with Crippen LogP contribution in [0.1, 0.15) is 17.5 Å². The van der Waals surface area contributed by atoms with Crippen LogP contribution in [0.2, 0.25) is 5.15 Å². The zero-order chi connectivity index (χ0) is 23.5. The zero-order valence-corrected chi connectivity index (χ0v) is 16.4. The van der Waals surface area contributed by atoms with Crippen LogP contribution in [0.25, 0.3) is 11.4 Å². The van der Waals surface area contributed by atoms with Crippen molar-refractivity contribution in [2.75, 3.05) is 5.43 Å². The molecule has 32 heavy (non-hydrogen) atoms. The molecule has 15 heteroatoms. The number of nitrogens with zero attached hydrogens (tertiary/aromatic N) is 5. The molecule has 2 N–H and O–H groups in total. The van der Waals surface area contributed by atoms with Crippen molar-refractivity contribution in [1.29, 1.82) is 0 Å². The number of aromatic nitrogens is 5. The van der Waals surface area contributed by atoms with Gasteiger partial charge in [0.2, 0.25) is 5.91 Å². The van der Waals surface area contributed by atoms with E-state index in [4.69, 9.17) is 11.6 Å². The third kappa shape index (κ3) is 6.06. The average Bonchev–Trinajstić information content (AvgIpc) is 3.18. The van der Waals surface area contributed by atoms with E-state index in [1.807, 2.05) is 0 Å². The van der Waals surface area contributed by atoms with Crippen molar-refractivity contribution in [2.45, 2.75) is 25.3 Å². The molecule has 0 unspecified atom stereocenters. The number of hydrogen-bond donors (Lipinski definition) is 2. The number of amides is 1. The van der Waals surface area contributed by atoms with Crippen LogP contribution in [0.15, 0.2) is 36.9 Å². The van der Waals surface area contributed by atoms with E-state index in [2.05, 4.69) is 30.9 Å². The first-order valence-electron chi connectivity index (χ1n) is 8.63. The molecule has 3 aromatic rings. The highest BCUT2D eigenvalue weighted by atomic mass is 35.5. The minimum absolute atomic E-state index is 0.0165. The van der Waals surface area contributed by atoms with Crippen LogP contribution in [0.5, 0.6) is 0 Å². The Morgan fingerprint density at radius 3 is 2.22 bits per heavy atom. The second kappa shape index (κ2) is 8.98. The fraction of sp³-hybridized carbons (Fsp3) is 0.235. The van der Waals surface area contributed by atoms with Gasteiger partial charge in [0.05, 0.1) is 17.7 Å². The third-order valence-electron chi connectivity index (χ3n) is 3.91. The lowest BCUT2D eigenvalue weighted by Gasteiger charge is -2.13. The number of benzene rings is 1. The normalized spacial score (nSPS) is 12.0. The van der Waals surface area contributed by atoms with Gasteiger partial charge in [0.25, 0.3) is 0 Å². The summed E-state index contributed by atoms with van der Waals surface area (Å²) in [6.07, 6.45) is -7.85. The first-order valence-corrected chi connectivity index (χ1v) is 9.01. The summed E-state index contributed by atoms with van der Waals surface area (Å²) in [7, 11) is 0. The Balaban J connectivity index is 1.68. The lowest BCUT2D eigenvalue weighted by molar-refractivity contribution is -0.143. The molecule has 0 radical (unpaired) electrons. The maximum atomic E-state index is 13.0. The zero-order valence-electron chi connectivity index (χ0n) is 15.7. The summed E-state index contributed by atoms with van der Waals surface area (Å²) in [6.45, 7) is -0.0455. The van der Waals surface area contributed by atoms with Crippen molar-refractivity contribution in [3.05, 3.63) is 53.2 Å². The number of halogens is 7. The maximum absolute atomic E-state index is 13.0. The van der Waals surface area contributed by atoms with Gasteiger partial charge in [-0.3, -0.25) is 20.3 Å². The van der Waals surface area contributed by atoms with E-state index in [9.17, 15) is 31.1 Å². The van der Waals surface area contributed by atoms with E-state index in [-0.39, 0.29) is 35.8 Å². The average molecular weight is 480 g/mol. The van der Waals surface area contributed by atoms with Crippen molar-refractivity contribution < 1.29 is 31.1 Å². The number of alkyl halides is 6. The highest BCUT2D eigenvalue weighted by Gasteiger charge is 2.37. The van der Waals surface area contributed by atoms with Gasteiger partial charge in [-0.15, -0.1) is 0 Å². The Kier molecular flexibility index (Phi) is 6.52. The molecule has 0 spiro atoms. The molecule has 0 atom stereocenters. The van der Waals surface area contributed by atoms with Crippen LogP contribution in [0, 0.1) is 0 Å². The molecule has 3 rings (SSSR count). The third-order valence-corrected chi connectivity index (χ3v) is 4.12. The predicted molar refractivity (Wildman–Crippen MR) is 98.9 cm³/mol. The second-order valence-corrected chi connectivity index (χ2v) is 6.66. The highest BCUT2D eigenvalue weighted by Crippen LogP contribution is 2.38. The summed E-state index contributed by atoms with van der Waals surface area (Å²) < 4.78 is 79.1. The predicted octanol–water partition coefficient (Wildman–Crippen LogP) is 3.96. The van der Waals surface area contributed by atoms with Gasteiger partial charge < -0.3 is 0 Å². The molecule has 0 fully saturated rings. The molecule has 2 aromatic heterocycles. The summed E-state index contributed by atoms with van der Waals surface area (Å²) >= 11 is 5.68. The summed E-state index contributed by atoms with van der Waals surface area (Å²) in [5, 5.41) is 4.01. The summed E-state index contributed by atoms with van der Waals surface area (Å²) in [6, 6.07) is 2.43. The molecule has 8 nitrogen and oxygen atoms in total. The number of carbonyl (C=O) groups is 1. The van der Waals surface area contributed by atoms with Gasteiger partial charge in [-0.05, 0) is 18.2 Å². The lowest BCUT2D eigenvalue weighted by atomic mass is 10.0. The minimum atomic E-state index is -4.99. The standard InChI is InChI=1S/C17H12ClF6N7O/c18-12-6-13(26-7-25-12)28-29-14(32)1-2-31-8-27-15(30-31)9-3-10(16(19,20)21)5-11(4-9)17(22,23)24/h3-8H,1-2H2,(H,29,32)(H,25,26,28). The van der Waals surface area contributed by atoms with E-state index in [0.717, 1.165) is 11.0 Å². The molecule has 1 aromatic carbocycles. The Labute approximate surface area is 180 Å². The van der Waals surface area contributed by atoms with Crippen molar-refractivity contribution in [2.24, 2.45) is 0 Å². The van der Waals surface area contributed by atoms with Crippen molar-refractivity contribution in [3.8, 4) is 11.4 Å². The Hall–Kier alpha value is -3.42. The quantitative estimate of drug-likeness (QED) is 0.315. The van der Waals surface area contributed by atoms with Gasteiger partial charge in [0.1, 0.15) is 23.6 Å². The van der Waals surface area contributed by atoms with E-state index >= 15 is 0 Å². The number of rotatable bonds is 6. The van der Waals surface area contributed by atoms with Gasteiger partial charge >= 0.3 is 12.4 Å². The smallest absolute Gasteiger partial charge is 0.282 e. The Morgan fingerprint density at radius 2 is 1.62 bits per heavy atom. The largest absolute Gasteiger partial charge is 0.416 e. The van der Waals surface area contributed by atoms with Crippen molar-refractivity contribution in [3.63, 3.8) is 0 Å². The molecule has 1 amide bonds. The van der Waals surface area contributed by atoms with E-state index in [0.29, 0.717) is 12.1 Å². The van der Waals surface area contributed by atoms with Gasteiger partial charge in [-0.2, -0.15) is 31.4 Å². The molecule has 0 saturated carbocycles. The second-order valence-electron chi connectivity index (χ2n) is 6.27.